The van der Waals surface area contributed by atoms with E-state index in [1.807, 2.05) is 0 Å². The van der Waals surface area contributed by atoms with Gasteiger partial charge in [0.15, 0.2) is 0 Å². The summed E-state index contributed by atoms with van der Waals surface area (Å²) in [6, 6.07) is 3.21. The normalized spacial score (nSPS) is 11.7. The summed E-state index contributed by atoms with van der Waals surface area (Å²) in [6.07, 6.45) is 4.98. The van der Waals surface area contributed by atoms with Crippen molar-refractivity contribution >= 4 is 24.9 Å². The summed E-state index contributed by atoms with van der Waals surface area (Å²) in [7, 11) is -1.34. The topological polar surface area (TPSA) is 17.1 Å². The Morgan fingerprint density at radius 2 is 1.57 bits per heavy atom. The fraction of sp³-hybridized carbons (Fsp3) is 0.909. The van der Waals surface area contributed by atoms with E-state index in [2.05, 4.69) is 20.4 Å². The van der Waals surface area contributed by atoms with E-state index in [-0.39, 0.29) is 5.24 Å². The second-order valence-electron chi connectivity index (χ2n) is 4.55. The molecule has 0 aromatic carbocycles. The molecule has 0 bridgehead atoms. The molecule has 0 saturated heterocycles. The van der Waals surface area contributed by atoms with Gasteiger partial charge in [0.2, 0.25) is 5.24 Å². The summed E-state index contributed by atoms with van der Waals surface area (Å²) in [5.74, 6) is 0. The van der Waals surface area contributed by atoms with Crippen molar-refractivity contribution < 1.29 is 4.79 Å². The standard InChI is InChI=1S/C11H23ClOSi/c1-4-6-8-14(3,9-7-5-2)10-11(12)13/h4-10H2,1-3H3. The van der Waals surface area contributed by atoms with Crippen LogP contribution in [0.15, 0.2) is 0 Å². The van der Waals surface area contributed by atoms with Crippen LogP contribution in [0.25, 0.3) is 0 Å². The Balaban J connectivity index is 4.09. The number of unbranched alkanes of at least 4 members (excludes halogenated alkanes) is 2. The van der Waals surface area contributed by atoms with E-state index in [4.69, 9.17) is 11.6 Å². The molecule has 0 aliphatic carbocycles. The molecular formula is C11H23ClOSi. The number of hydrogen-bond donors (Lipinski definition) is 0. The van der Waals surface area contributed by atoms with Crippen LogP contribution in [0.1, 0.15) is 39.5 Å². The van der Waals surface area contributed by atoms with Gasteiger partial charge < -0.3 is 0 Å². The molecule has 0 fully saturated rings. The Morgan fingerprint density at radius 1 is 1.14 bits per heavy atom. The summed E-state index contributed by atoms with van der Waals surface area (Å²) in [5.41, 5.74) is 0. The van der Waals surface area contributed by atoms with Crippen LogP contribution >= 0.6 is 11.6 Å². The minimum absolute atomic E-state index is 0.119. The zero-order chi connectivity index (χ0) is 11.0. The Bertz CT molecular complexity index is 163. The molecule has 0 aromatic heterocycles. The molecule has 0 atom stereocenters. The van der Waals surface area contributed by atoms with Crippen LogP contribution in [0.2, 0.25) is 24.7 Å². The van der Waals surface area contributed by atoms with Crippen molar-refractivity contribution in [1.82, 2.24) is 0 Å². The van der Waals surface area contributed by atoms with Gasteiger partial charge in [-0.2, -0.15) is 0 Å². The first kappa shape index (κ1) is 14.2. The zero-order valence-corrected chi connectivity index (χ0v) is 11.5. The van der Waals surface area contributed by atoms with E-state index in [1.54, 1.807) is 0 Å². The van der Waals surface area contributed by atoms with E-state index in [0.717, 1.165) is 0 Å². The third-order valence-corrected chi connectivity index (χ3v) is 7.49. The molecule has 0 heterocycles. The number of carbonyl (C=O) groups excluding carboxylic acids is 1. The first-order valence-electron chi connectivity index (χ1n) is 5.72. The van der Waals surface area contributed by atoms with Gasteiger partial charge in [0.25, 0.3) is 0 Å². The Labute approximate surface area is 94.2 Å². The van der Waals surface area contributed by atoms with Crippen LogP contribution in [0.3, 0.4) is 0 Å². The van der Waals surface area contributed by atoms with Gasteiger partial charge in [-0.1, -0.05) is 58.2 Å². The summed E-state index contributed by atoms with van der Waals surface area (Å²) in [6.45, 7) is 6.74. The fourth-order valence-electron chi connectivity index (χ4n) is 1.84. The van der Waals surface area contributed by atoms with E-state index >= 15 is 0 Å². The third kappa shape index (κ3) is 6.60. The lowest BCUT2D eigenvalue weighted by molar-refractivity contribution is -0.109. The van der Waals surface area contributed by atoms with Gasteiger partial charge >= 0.3 is 0 Å². The fourth-order valence-corrected chi connectivity index (χ4v) is 6.50. The van der Waals surface area contributed by atoms with Gasteiger partial charge in [-0.25, -0.2) is 0 Å². The van der Waals surface area contributed by atoms with Crippen molar-refractivity contribution in [3.8, 4) is 0 Å². The third-order valence-electron chi connectivity index (χ3n) is 2.83. The lowest BCUT2D eigenvalue weighted by Gasteiger charge is -2.25. The molecule has 0 aromatic rings. The van der Waals surface area contributed by atoms with Crippen LogP contribution in [0.4, 0.5) is 0 Å². The summed E-state index contributed by atoms with van der Waals surface area (Å²) in [4.78, 5) is 11.0. The molecule has 0 spiro atoms. The van der Waals surface area contributed by atoms with Gasteiger partial charge in [0.1, 0.15) is 0 Å². The monoisotopic (exact) mass is 234 g/mol. The molecule has 84 valence electrons. The minimum atomic E-state index is -1.34. The highest BCUT2D eigenvalue weighted by Gasteiger charge is 2.27. The molecule has 0 radical (unpaired) electrons. The van der Waals surface area contributed by atoms with Gasteiger partial charge in [-0.05, 0) is 11.6 Å². The Morgan fingerprint density at radius 3 is 1.86 bits per heavy atom. The van der Waals surface area contributed by atoms with Crippen molar-refractivity contribution in [3.63, 3.8) is 0 Å². The molecule has 14 heavy (non-hydrogen) atoms. The van der Waals surface area contributed by atoms with Crippen LogP contribution in [-0.2, 0) is 4.79 Å². The quantitative estimate of drug-likeness (QED) is 0.449. The van der Waals surface area contributed by atoms with Gasteiger partial charge in [0, 0.05) is 6.04 Å². The van der Waals surface area contributed by atoms with Gasteiger partial charge in [-0.3, -0.25) is 4.79 Å². The van der Waals surface area contributed by atoms with E-state index in [9.17, 15) is 4.79 Å². The van der Waals surface area contributed by atoms with Crippen molar-refractivity contribution in [2.24, 2.45) is 0 Å². The molecule has 0 unspecified atom stereocenters. The predicted octanol–water partition coefficient (Wildman–Crippen LogP) is 4.43. The number of carbonyl (C=O) groups is 1. The summed E-state index contributed by atoms with van der Waals surface area (Å²) in [5, 5.41) is -0.119. The average Bonchev–Trinajstić information content (AvgIpc) is 2.11. The predicted molar refractivity (Wildman–Crippen MR) is 66.7 cm³/mol. The smallest absolute Gasteiger partial charge is 0.218 e. The largest absolute Gasteiger partial charge is 0.282 e. The van der Waals surface area contributed by atoms with E-state index in [0.29, 0.717) is 6.04 Å². The molecular weight excluding hydrogens is 212 g/mol. The molecule has 0 aliphatic heterocycles. The van der Waals surface area contributed by atoms with Gasteiger partial charge in [0.05, 0.1) is 8.07 Å². The zero-order valence-electron chi connectivity index (χ0n) is 9.74. The highest BCUT2D eigenvalue weighted by molar-refractivity contribution is 6.86. The highest BCUT2D eigenvalue weighted by atomic mass is 35.5. The van der Waals surface area contributed by atoms with Crippen LogP contribution in [0, 0.1) is 0 Å². The maximum absolute atomic E-state index is 11.0. The second kappa shape index (κ2) is 7.47. The minimum Gasteiger partial charge on any atom is -0.282 e. The first-order valence-corrected chi connectivity index (χ1v) is 9.22. The lowest BCUT2D eigenvalue weighted by atomic mass is 10.4. The maximum Gasteiger partial charge on any atom is 0.218 e. The SMILES string of the molecule is CCCC[Si](C)(CCCC)CC(=O)Cl. The molecule has 0 amide bonds. The van der Waals surface area contributed by atoms with Crippen molar-refractivity contribution in [1.29, 1.82) is 0 Å². The second-order valence-corrected chi connectivity index (χ2v) is 9.95. The first-order chi connectivity index (χ1) is 6.54. The molecule has 0 aliphatic rings. The maximum atomic E-state index is 11.0. The number of hydrogen-bond acceptors (Lipinski definition) is 1. The van der Waals surface area contributed by atoms with Crippen LogP contribution < -0.4 is 0 Å². The van der Waals surface area contributed by atoms with Crippen molar-refractivity contribution in [2.75, 3.05) is 0 Å². The molecule has 3 heteroatoms. The van der Waals surface area contributed by atoms with E-state index < -0.39 is 8.07 Å². The van der Waals surface area contributed by atoms with Crippen molar-refractivity contribution in [2.45, 2.75) is 64.2 Å². The van der Waals surface area contributed by atoms with Crippen LogP contribution in [-0.4, -0.2) is 13.3 Å². The summed E-state index contributed by atoms with van der Waals surface area (Å²) < 4.78 is 0. The average molecular weight is 235 g/mol. The Kier molecular flexibility index (Phi) is 7.56. The van der Waals surface area contributed by atoms with Crippen LogP contribution in [0.5, 0.6) is 0 Å². The molecule has 0 rings (SSSR count). The Hall–Kier alpha value is 0.177. The summed E-state index contributed by atoms with van der Waals surface area (Å²) >= 11 is 5.52. The van der Waals surface area contributed by atoms with Crippen molar-refractivity contribution in [3.05, 3.63) is 0 Å². The molecule has 0 saturated carbocycles. The molecule has 0 N–H and O–H groups in total. The number of rotatable bonds is 8. The molecule has 1 nitrogen and oxygen atoms in total. The van der Waals surface area contributed by atoms with Gasteiger partial charge in [-0.15, -0.1) is 0 Å². The van der Waals surface area contributed by atoms with E-state index in [1.165, 1.54) is 37.8 Å². The highest BCUT2D eigenvalue weighted by Crippen LogP contribution is 2.26. The lowest BCUT2D eigenvalue weighted by Crippen LogP contribution is -2.31. The number of halogens is 1.